The normalized spacial score (nSPS) is 10.2. The highest BCUT2D eigenvalue weighted by Crippen LogP contribution is 2.20. The third-order valence-corrected chi connectivity index (χ3v) is 3.36. The van der Waals surface area contributed by atoms with E-state index in [2.05, 4.69) is 15.3 Å². The van der Waals surface area contributed by atoms with Gasteiger partial charge in [0.25, 0.3) is 5.91 Å². The van der Waals surface area contributed by atoms with Gasteiger partial charge in [0.15, 0.2) is 10.9 Å². The molecule has 0 aliphatic carbocycles. The van der Waals surface area contributed by atoms with Crippen LogP contribution in [0.2, 0.25) is 5.02 Å². The fraction of sp³-hybridized carbons (Fsp3) is 0.0769. The molecule has 1 aromatic carbocycles. The van der Waals surface area contributed by atoms with Crippen molar-refractivity contribution >= 4 is 40.9 Å². The lowest BCUT2D eigenvalue weighted by Gasteiger charge is -2.09. The maximum Gasteiger partial charge on any atom is 0.337 e. The molecule has 1 aromatic heterocycles. The second-order valence-corrected chi connectivity index (χ2v) is 5.04. The van der Waals surface area contributed by atoms with E-state index in [0.29, 0.717) is 5.16 Å². The standard InChI is InChI=1S/C13H10ClN3O3S/c1-21-13-15-6-8(14)10(17-13)11(18)16-9-5-3-2-4-7(9)12(19)20/h2-6H,1H3,(H,16,18)(H,19,20). The number of benzene rings is 1. The molecule has 0 bridgehead atoms. The van der Waals surface area contributed by atoms with Crippen LogP contribution >= 0.6 is 23.4 Å². The van der Waals surface area contributed by atoms with Gasteiger partial charge in [0.05, 0.1) is 22.5 Å². The summed E-state index contributed by atoms with van der Waals surface area (Å²) in [6.07, 6.45) is 3.10. The van der Waals surface area contributed by atoms with Crippen molar-refractivity contribution in [2.24, 2.45) is 0 Å². The minimum Gasteiger partial charge on any atom is -0.478 e. The zero-order valence-corrected chi connectivity index (χ0v) is 12.4. The van der Waals surface area contributed by atoms with Crippen LogP contribution in [0.15, 0.2) is 35.6 Å². The monoisotopic (exact) mass is 323 g/mol. The van der Waals surface area contributed by atoms with Crippen LogP contribution < -0.4 is 5.32 Å². The number of aromatic carboxylic acids is 1. The number of carbonyl (C=O) groups is 2. The number of hydrogen-bond acceptors (Lipinski definition) is 5. The second kappa shape index (κ2) is 6.55. The molecule has 21 heavy (non-hydrogen) atoms. The van der Waals surface area contributed by atoms with Crippen molar-refractivity contribution in [3.05, 3.63) is 46.7 Å². The van der Waals surface area contributed by atoms with E-state index in [0.717, 1.165) is 0 Å². The zero-order chi connectivity index (χ0) is 15.4. The molecule has 2 N–H and O–H groups in total. The molecule has 2 aromatic rings. The van der Waals surface area contributed by atoms with E-state index in [1.54, 1.807) is 18.4 Å². The van der Waals surface area contributed by atoms with Crippen LogP contribution in [0.4, 0.5) is 5.69 Å². The maximum atomic E-state index is 12.2. The van der Waals surface area contributed by atoms with Gasteiger partial charge in [-0.25, -0.2) is 14.8 Å². The van der Waals surface area contributed by atoms with Gasteiger partial charge in [-0.2, -0.15) is 0 Å². The number of rotatable bonds is 4. The quantitative estimate of drug-likeness (QED) is 0.664. The SMILES string of the molecule is CSc1ncc(Cl)c(C(=O)Nc2ccccc2C(=O)O)n1. The van der Waals surface area contributed by atoms with Gasteiger partial charge in [-0.15, -0.1) is 0 Å². The molecule has 0 fully saturated rings. The molecular formula is C13H10ClN3O3S. The number of anilines is 1. The van der Waals surface area contributed by atoms with Crippen LogP contribution in [0.5, 0.6) is 0 Å². The van der Waals surface area contributed by atoms with Gasteiger partial charge in [0.2, 0.25) is 0 Å². The van der Waals surface area contributed by atoms with Crippen LogP contribution in [0.1, 0.15) is 20.8 Å². The zero-order valence-electron chi connectivity index (χ0n) is 10.8. The average molecular weight is 324 g/mol. The Kier molecular flexibility index (Phi) is 4.77. The number of para-hydroxylation sites is 1. The molecule has 0 spiro atoms. The number of thioether (sulfide) groups is 1. The Balaban J connectivity index is 2.33. The first-order chi connectivity index (χ1) is 10.0. The van der Waals surface area contributed by atoms with Crippen LogP contribution in [0, 0.1) is 0 Å². The lowest BCUT2D eigenvalue weighted by Crippen LogP contribution is -2.17. The minimum absolute atomic E-state index is 0.00351. The summed E-state index contributed by atoms with van der Waals surface area (Å²) >= 11 is 7.17. The second-order valence-electron chi connectivity index (χ2n) is 3.86. The van der Waals surface area contributed by atoms with Gasteiger partial charge in [0, 0.05) is 0 Å². The van der Waals surface area contributed by atoms with Crippen LogP contribution in [-0.2, 0) is 0 Å². The van der Waals surface area contributed by atoms with Crippen LogP contribution in [0.25, 0.3) is 0 Å². The van der Waals surface area contributed by atoms with Gasteiger partial charge in [-0.05, 0) is 18.4 Å². The largest absolute Gasteiger partial charge is 0.478 e. The Morgan fingerprint density at radius 3 is 2.71 bits per heavy atom. The number of aromatic nitrogens is 2. The first-order valence-corrected chi connectivity index (χ1v) is 7.33. The minimum atomic E-state index is -1.13. The summed E-state index contributed by atoms with van der Waals surface area (Å²) in [6.45, 7) is 0. The smallest absolute Gasteiger partial charge is 0.337 e. The Hall–Kier alpha value is -2.12. The van der Waals surface area contributed by atoms with Crippen molar-refractivity contribution in [2.75, 3.05) is 11.6 Å². The molecule has 108 valence electrons. The number of carboxylic acids is 1. The van der Waals surface area contributed by atoms with Crippen molar-refractivity contribution < 1.29 is 14.7 Å². The maximum absolute atomic E-state index is 12.2. The van der Waals surface area contributed by atoms with Gasteiger partial charge in [0.1, 0.15) is 0 Å². The predicted molar refractivity (Wildman–Crippen MR) is 80.2 cm³/mol. The van der Waals surface area contributed by atoms with Crippen molar-refractivity contribution in [3.8, 4) is 0 Å². The molecule has 8 heteroatoms. The van der Waals surface area contributed by atoms with Crippen molar-refractivity contribution in [1.82, 2.24) is 9.97 Å². The molecule has 0 radical (unpaired) electrons. The Labute approximate surface area is 129 Å². The van der Waals surface area contributed by atoms with E-state index in [4.69, 9.17) is 16.7 Å². The lowest BCUT2D eigenvalue weighted by atomic mass is 10.2. The molecule has 1 heterocycles. The van der Waals surface area contributed by atoms with Crippen molar-refractivity contribution in [2.45, 2.75) is 5.16 Å². The molecule has 1 amide bonds. The summed E-state index contributed by atoms with van der Waals surface area (Å²) in [5.41, 5.74) is 0.160. The number of halogens is 1. The highest BCUT2D eigenvalue weighted by Gasteiger charge is 2.17. The lowest BCUT2D eigenvalue weighted by molar-refractivity contribution is 0.0698. The number of nitrogens with one attached hydrogen (secondary N) is 1. The number of amides is 1. The van der Waals surface area contributed by atoms with E-state index in [9.17, 15) is 9.59 Å². The van der Waals surface area contributed by atoms with Crippen LogP contribution in [-0.4, -0.2) is 33.2 Å². The number of hydrogen-bond donors (Lipinski definition) is 2. The van der Waals surface area contributed by atoms with E-state index in [1.807, 2.05) is 0 Å². The average Bonchev–Trinajstić information content (AvgIpc) is 2.48. The molecule has 0 aliphatic rings. The molecule has 0 saturated carbocycles. The Morgan fingerprint density at radius 2 is 2.05 bits per heavy atom. The van der Waals surface area contributed by atoms with Gasteiger partial charge in [-0.3, -0.25) is 4.79 Å². The first-order valence-electron chi connectivity index (χ1n) is 5.73. The number of carboxylic acid groups (broad SMARTS) is 1. The fourth-order valence-electron chi connectivity index (χ4n) is 1.57. The fourth-order valence-corrected chi connectivity index (χ4v) is 2.09. The highest BCUT2D eigenvalue weighted by atomic mass is 35.5. The summed E-state index contributed by atoms with van der Waals surface area (Å²) in [6, 6.07) is 6.08. The van der Waals surface area contributed by atoms with E-state index in [1.165, 1.54) is 30.1 Å². The third-order valence-electron chi connectivity index (χ3n) is 2.53. The summed E-state index contributed by atoms with van der Waals surface area (Å²) in [5.74, 6) is -1.73. The number of nitrogens with zero attached hydrogens (tertiary/aromatic N) is 2. The summed E-state index contributed by atoms with van der Waals surface area (Å²) in [4.78, 5) is 31.3. The Bertz CT molecular complexity index is 709. The predicted octanol–water partition coefficient (Wildman–Crippen LogP) is 2.80. The molecule has 0 aliphatic heterocycles. The molecule has 0 atom stereocenters. The Morgan fingerprint density at radius 1 is 1.33 bits per heavy atom. The molecule has 2 rings (SSSR count). The number of carbonyl (C=O) groups excluding carboxylic acids is 1. The van der Waals surface area contributed by atoms with Crippen molar-refractivity contribution in [1.29, 1.82) is 0 Å². The molecule has 0 unspecified atom stereocenters. The van der Waals surface area contributed by atoms with E-state index < -0.39 is 11.9 Å². The van der Waals surface area contributed by atoms with E-state index >= 15 is 0 Å². The summed E-state index contributed by atoms with van der Waals surface area (Å²) < 4.78 is 0. The summed E-state index contributed by atoms with van der Waals surface area (Å²) in [7, 11) is 0. The first kappa shape index (κ1) is 15.3. The van der Waals surface area contributed by atoms with Gasteiger partial charge < -0.3 is 10.4 Å². The van der Waals surface area contributed by atoms with Gasteiger partial charge >= 0.3 is 5.97 Å². The van der Waals surface area contributed by atoms with Crippen molar-refractivity contribution in [3.63, 3.8) is 0 Å². The molecular weight excluding hydrogens is 314 g/mol. The molecule has 6 nitrogen and oxygen atoms in total. The molecule has 0 saturated heterocycles. The third kappa shape index (κ3) is 3.50. The van der Waals surface area contributed by atoms with E-state index in [-0.39, 0.29) is 22.0 Å². The van der Waals surface area contributed by atoms with Gasteiger partial charge in [-0.1, -0.05) is 35.5 Å². The summed E-state index contributed by atoms with van der Waals surface area (Å²) in [5, 5.41) is 12.1. The van der Waals surface area contributed by atoms with Crippen LogP contribution in [0.3, 0.4) is 0 Å². The topological polar surface area (TPSA) is 92.2 Å². The highest BCUT2D eigenvalue weighted by molar-refractivity contribution is 7.98.